The van der Waals surface area contributed by atoms with E-state index in [0.29, 0.717) is 12.0 Å². The zero-order valence-electron chi connectivity index (χ0n) is 12.3. The van der Waals surface area contributed by atoms with E-state index in [1.54, 1.807) is 5.56 Å². The lowest BCUT2D eigenvalue weighted by molar-refractivity contribution is 0.416. The Bertz CT molecular complexity index is 540. The molecule has 20 heavy (non-hydrogen) atoms. The lowest BCUT2D eigenvalue weighted by atomic mass is 10.00. The van der Waals surface area contributed by atoms with E-state index in [2.05, 4.69) is 60.9 Å². The predicted molar refractivity (Wildman–Crippen MR) is 87.2 cm³/mol. The molecule has 1 aromatic heterocycles. The molecule has 2 aromatic rings. The maximum Gasteiger partial charge on any atom is 0.0440 e. The third-order valence-electron chi connectivity index (χ3n) is 4.10. The molecule has 106 valence electrons. The highest BCUT2D eigenvalue weighted by atomic mass is 32.1. The van der Waals surface area contributed by atoms with Crippen LogP contribution in [0.5, 0.6) is 0 Å². The Hall–Kier alpha value is -1.12. The van der Waals surface area contributed by atoms with Crippen molar-refractivity contribution in [2.24, 2.45) is 5.92 Å². The molecule has 0 radical (unpaired) electrons. The van der Waals surface area contributed by atoms with Gasteiger partial charge < -0.3 is 5.32 Å². The lowest BCUT2D eigenvalue weighted by Crippen LogP contribution is -2.25. The van der Waals surface area contributed by atoms with Gasteiger partial charge in [0, 0.05) is 17.5 Å². The van der Waals surface area contributed by atoms with Crippen LogP contribution in [0.3, 0.4) is 0 Å². The van der Waals surface area contributed by atoms with E-state index in [1.165, 1.54) is 23.3 Å². The highest BCUT2D eigenvalue weighted by Crippen LogP contribution is 2.41. The van der Waals surface area contributed by atoms with Crippen LogP contribution in [0.25, 0.3) is 0 Å². The maximum atomic E-state index is 3.77. The molecule has 1 atom stereocenters. The van der Waals surface area contributed by atoms with E-state index in [1.807, 2.05) is 11.3 Å². The first kappa shape index (κ1) is 13.8. The van der Waals surface area contributed by atoms with Gasteiger partial charge in [-0.05, 0) is 47.3 Å². The minimum absolute atomic E-state index is 0.460. The van der Waals surface area contributed by atoms with Gasteiger partial charge in [0.05, 0.1) is 0 Å². The first-order valence-electron chi connectivity index (χ1n) is 7.60. The second-order valence-corrected chi connectivity index (χ2v) is 7.07. The fraction of sp³-hybridized carbons (Fsp3) is 0.444. The zero-order valence-corrected chi connectivity index (χ0v) is 13.1. The van der Waals surface area contributed by atoms with Gasteiger partial charge in [0.15, 0.2) is 0 Å². The van der Waals surface area contributed by atoms with Crippen molar-refractivity contribution in [1.29, 1.82) is 0 Å². The molecule has 1 nitrogen and oxygen atoms in total. The first-order valence-corrected chi connectivity index (χ1v) is 8.48. The minimum atomic E-state index is 0.460. The van der Waals surface area contributed by atoms with Gasteiger partial charge in [-0.25, -0.2) is 0 Å². The van der Waals surface area contributed by atoms with Gasteiger partial charge in [0.2, 0.25) is 0 Å². The maximum absolute atomic E-state index is 3.77. The summed E-state index contributed by atoms with van der Waals surface area (Å²) in [5.74, 6) is 1.44. The Balaban J connectivity index is 1.71. The number of hydrogen-bond donors (Lipinski definition) is 1. The summed E-state index contributed by atoms with van der Waals surface area (Å²) in [6.45, 7) is 5.57. The fourth-order valence-electron chi connectivity index (χ4n) is 2.84. The smallest absolute Gasteiger partial charge is 0.0440 e. The third kappa shape index (κ3) is 3.13. The van der Waals surface area contributed by atoms with Crippen molar-refractivity contribution in [3.8, 4) is 0 Å². The van der Waals surface area contributed by atoms with Gasteiger partial charge >= 0.3 is 0 Å². The Kier molecular flexibility index (Phi) is 4.23. The van der Waals surface area contributed by atoms with Gasteiger partial charge in [0.1, 0.15) is 0 Å². The average molecular weight is 285 g/mol. The molecule has 0 spiro atoms. The molecule has 1 aromatic carbocycles. The van der Waals surface area contributed by atoms with E-state index >= 15 is 0 Å². The molecule has 0 amide bonds. The molecule has 1 heterocycles. The van der Waals surface area contributed by atoms with Gasteiger partial charge in [-0.3, -0.25) is 0 Å². The number of thiophene rings is 1. The Morgan fingerprint density at radius 1 is 1.15 bits per heavy atom. The van der Waals surface area contributed by atoms with Crippen molar-refractivity contribution in [3.05, 3.63) is 57.8 Å². The van der Waals surface area contributed by atoms with Crippen molar-refractivity contribution in [3.63, 3.8) is 0 Å². The second-order valence-electron chi connectivity index (χ2n) is 6.09. The summed E-state index contributed by atoms with van der Waals surface area (Å²) < 4.78 is 0. The molecule has 1 aliphatic carbocycles. The molecule has 0 aliphatic heterocycles. The van der Waals surface area contributed by atoms with Crippen molar-refractivity contribution in [2.45, 2.75) is 45.2 Å². The van der Waals surface area contributed by atoms with Crippen LogP contribution in [-0.2, 0) is 6.54 Å². The molecule has 0 bridgehead atoms. The molecule has 3 rings (SSSR count). The van der Waals surface area contributed by atoms with Crippen LogP contribution in [0.15, 0.2) is 41.8 Å². The van der Waals surface area contributed by atoms with E-state index in [4.69, 9.17) is 0 Å². The Morgan fingerprint density at radius 3 is 2.60 bits per heavy atom. The molecule has 2 heteroatoms. The van der Waals surface area contributed by atoms with E-state index in [-0.39, 0.29) is 0 Å². The van der Waals surface area contributed by atoms with Gasteiger partial charge in [-0.1, -0.05) is 44.2 Å². The van der Waals surface area contributed by atoms with Crippen LogP contribution in [0, 0.1) is 5.92 Å². The number of benzene rings is 1. The summed E-state index contributed by atoms with van der Waals surface area (Å²) in [4.78, 5) is 1.45. The summed E-state index contributed by atoms with van der Waals surface area (Å²) in [5.41, 5.74) is 3.05. The standard InChI is InChI=1S/C18H23NS/c1-13(2)18(17-8-5-11-20-17)19-12-15-6-3-4-7-16(15)14-9-10-14/h3-8,11,13-14,18-19H,9-10,12H2,1-2H3. The van der Waals surface area contributed by atoms with Crippen LogP contribution in [-0.4, -0.2) is 0 Å². The van der Waals surface area contributed by atoms with E-state index < -0.39 is 0 Å². The van der Waals surface area contributed by atoms with Crippen LogP contribution >= 0.6 is 11.3 Å². The quantitative estimate of drug-likeness (QED) is 0.777. The number of hydrogen-bond acceptors (Lipinski definition) is 2. The zero-order chi connectivity index (χ0) is 13.9. The molecule has 1 aliphatic rings. The highest BCUT2D eigenvalue weighted by molar-refractivity contribution is 7.10. The van der Waals surface area contributed by atoms with Gasteiger partial charge in [-0.2, -0.15) is 0 Å². The molecule has 1 saturated carbocycles. The Labute approximate surface area is 126 Å². The highest BCUT2D eigenvalue weighted by Gasteiger charge is 2.26. The van der Waals surface area contributed by atoms with Crippen LogP contribution in [0.4, 0.5) is 0 Å². The van der Waals surface area contributed by atoms with Crippen molar-refractivity contribution < 1.29 is 0 Å². The summed E-state index contributed by atoms with van der Waals surface area (Å²) >= 11 is 1.85. The van der Waals surface area contributed by atoms with Crippen molar-refractivity contribution >= 4 is 11.3 Å². The number of nitrogens with one attached hydrogen (secondary N) is 1. The fourth-order valence-corrected chi connectivity index (χ4v) is 3.81. The molecular formula is C18H23NS. The summed E-state index contributed by atoms with van der Waals surface area (Å²) in [7, 11) is 0. The lowest BCUT2D eigenvalue weighted by Gasteiger charge is -2.22. The van der Waals surface area contributed by atoms with Crippen molar-refractivity contribution in [1.82, 2.24) is 5.32 Å². The number of rotatable bonds is 6. The minimum Gasteiger partial charge on any atom is -0.305 e. The predicted octanol–water partition coefficient (Wildman–Crippen LogP) is 5.11. The molecule has 0 saturated heterocycles. The molecule has 1 unspecified atom stereocenters. The van der Waals surface area contributed by atoms with Crippen LogP contribution in [0.1, 0.15) is 54.7 Å². The van der Waals surface area contributed by atoms with Gasteiger partial charge in [-0.15, -0.1) is 11.3 Å². The normalized spacial score (nSPS) is 16.6. The van der Waals surface area contributed by atoms with Crippen molar-refractivity contribution in [2.75, 3.05) is 0 Å². The SMILES string of the molecule is CC(C)C(NCc1ccccc1C1CC1)c1cccs1. The third-order valence-corrected chi connectivity index (χ3v) is 5.06. The van der Waals surface area contributed by atoms with E-state index in [9.17, 15) is 0 Å². The topological polar surface area (TPSA) is 12.0 Å². The summed E-state index contributed by atoms with van der Waals surface area (Å²) in [6, 6.07) is 13.8. The molecular weight excluding hydrogens is 262 g/mol. The second kappa shape index (κ2) is 6.11. The van der Waals surface area contributed by atoms with Crippen LogP contribution in [0.2, 0.25) is 0 Å². The Morgan fingerprint density at radius 2 is 1.95 bits per heavy atom. The summed E-state index contributed by atoms with van der Waals surface area (Å²) in [6.07, 6.45) is 2.74. The molecule has 1 fully saturated rings. The van der Waals surface area contributed by atoms with E-state index in [0.717, 1.165) is 12.5 Å². The average Bonchev–Trinajstić information content (AvgIpc) is 3.16. The first-order chi connectivity index (χ1) is 9.75. The summed E-state index contributed by atoms with van der Waals surface area (Å²) in [5, 5.41) is 5.94. The van der Waals surface area contributed by atoms with Crippen LogP contribution < -0.4 is 5.32 Å². The molecule has 1 N–H and O–H groups in total. The van der Waals surface area contributed by atoms with Gasteiger partial charge in [0.25, 0.3) is 0 Å². The largest absolute Gasteiger partial charge is 0.305 e. The monoisotopic (exact) mass is 285 g/mol.